The van der Waals surface area contributed by atoms with Gasteiger partial charge in [-0.2, -0.15) is 8.42 Å². The molecular formula is C18H23N3O4S. The summed E-state index contributed by atoms with van der Waals surface area (Å²) in [5.41, 5.74) is 1.49. The highest BCUT2D eigenvalue weighted by molar-refractivity contribution is 7.88. The molecule has 0 saturated carbocycles. The van der Waals surface area contributed by atoms with Crippen molar-refractivity contribution >= 4 is 21.8 Å². The first-order chi connectivity index (χ1) is 12.5. The number of hydrogen-bond acceptors (Lipinski definition) is 4. The Kier molecular flexibility index (Phi) is 5.73. The zero-order valence-electron chi connectivity index (χ0n) is 14.7. The highest BCUT2D eigenvalue weighted by Crippen LogP contribution is 2.18. The Bertz CT molecular complexity index is 812. The first-order valence-corrected chi connectivity index (χ1v) is 10.1. The van der Waals surface area contributed by atoms with Crippen molar-refractivity contribution in [3.8, 4) is 0 Å². The van der Waals surface area contributed by atoms with Crippen molar-refractivity contribution < 1.29 is 17.9 Å². The van der Waals surface area contributed by atoms with Crippen LogP contribution in [0.4, 0.5) is 0 Å². The van der Waals surface area contributed by atoms with Crippen LogP contribution in [0.5, 0.6) is 0 Å². The average molecular weight is 377 g/mol. The second kappa shape index (κ2) is 8.01. The fourth-order valence-corrected chi connectivity index (χ4v) is 4.08. The topological polar surface area (TPSA) is 88.1 Å². The number of hydrogen-bond donors (Lipinski definition) is 1. The number of benzene rings is 1. The lowest BCUT2D eigenvalue weighted by molar-refractivity contribution is -0.117. The lowest BCUT2D eigenvalue weighted by Gasteiger charge is -2.24. The molecule has 1 fully saturated rings. The van der Waals surface area contributed by atoms with Crippen LogP contribution < -0.4 is 5.32 Å². The minimum atomic E-state index is -3.80. The summed E-state index contributed by atoms with van der Waals surface area (Å²) in [4.78, 5) is 12.5. The molecule has 0 bridgehead atoms. The van der Waals surface area contributed by atoms with Gasteiger partial charge in [0.2, 0.25) is 0 Å². The van der Waals surface area contributed by atoms with E-state index >= 15 is 0 Å². The Morgan fingerprint density at radius 3 is 2.81 bits per heavy atom. The molecule has 1 saturated heterocycles. The van der Waals surface area contributed by atoms with Crippen molar-refractivity contribution in [3.05, 3.63) is 47.7 Å². The predicted octanol–water partition coefficient (Wildman–Crippen LogP) is 1.43. The van der Waals surface area contributed by atoms with Crippen molar-refractivity contribution in [1.29, 1.82) is 0 Å². The molecule has 0 aliphatic carbocycles. The van der Waals surface area contributed by atoms with Gasteiger partial charge in [-0.05, 0) is 31.7 Å². The zero-order chi connectivity index (χ0) is 18.6. The molecule has 2 aliphatic rings. The van der Waals surface area contributed by atoms with Gasteiger partial charge in [0.15, 0.2) is 0 Å². The molecule has 0 radical (unpaired) electrons. The summed E-state index contributed by atoms with van der Waals surface area (Å²) in [6, 6.07) is 9.59. The van der Waals surface area contributed by atoms with Crippen molar-refractivity contribution in [2.24, 2.45) is 4.40 Å². The van der Waals surface area contributed by atoms with Crippen LogP contribution in [0.2, 0.25) is 0 Å². The summed E-state index contributed by atoms with van der Waals surface area (Å²) in [7, 11) is -3.80. The van der Waals surface area contributed by atoms with Crippen LogP contribution in [0.3, 0.4) is 0 Å². The van der Waals surface area contributed by atoms with Crippen LogP contribution >= 0.6 is 0 Å². The number of amides is 1. The zero-order valence-corrected chi connectivity index (χ0v) is 15.5. The minimum absolute atomic E-state index is 0.0262. The van der Waals surface area contributed by atoms with Gasteiger partial charge < -0.3 is 10.1 Å². The fraction of sp³-hybridized carbons (Fsp3) is 0.444. The van der Waals surface area contributed by atoms with Crippen molar-refractivity contribution in [1.82, 2.24) is 9.62 Å². The third-order valence-electron chi connectivity index (χ3n) is 4.43. The third kappa shape index (κ3) is 4.50. The van der Waals surface area contributed by atoms with E-state index in [0.29, 0.717) is 13.0 Å². The molecule has 1 amide bonds. The number of ether oxygens (including phenoxy) is 1. The summed E-state index contributed by atoms with van der Waals surface area (Å²) in [5.74, 6) is -0.332. The van der Waals surface area contributed by atoms with E-state index in [1.165, 1.54) is 13.1 Å². The maximum Gasteiger partial charge on any atom is 0.344 e. The number of carbonyl (C=O) groups is 1. The minimum Gasteiger partial charge on any atom is -0.376 e. The van der Waals surface area contributed by atoms with E-state index in [-0.39, 0.29) is 29.8 Å². The largest absolute Gasteiger partial charge is 0.376 e. The van der Waals surface area contributed by atoms with Gasteiger partial charge in [0.25, 0.3) is 5.91 Å². The van der Waals surface area contributed by atoms with E-state index in [1.807, 2.05) is 30.3 Å². The van der Waals surface area contributed by atoms with E-state index in [1.54, 1.807) is 0 Å². The Morgan fingerprint density at radius 2 is 2.12 bits per heavy atom. The summed E-state index contributed by atoms with van der Waals surface area (Å²) >= 11 is 0. The molecule has 0 aromatic heterocycles. The molecule has 1 atom stereocenters. The van der Waals surface area contributed by atoms with E-state index < -0.39 is 10.2 Å². The van der Waals surface area contributed by atoms with Gasteiger partial charge in [-0.3, -0.25) is 9.10 Å². The van der Waals surface area contributed by atoms with Crippen molar-refractivity contribution in [2.75, 3.05) is 19.7 Å². The van der Waals surface area contributed by atoms with Crippen molar-refractivity contribution in [2.45, 2.75) is 32.3 Å². The molecule has 1 unspecified atom stereocenters. The molecule has 8 heteroatoms. The third-order valence-corrected chi connectivity index (χ3v) is 5.82. The van der Waals surface area contributed by atoms with Gasteiger partial charge in [0, 0.05) is 25.9 Å². The molecule has 1 aromatic carbocycles. The van der Waals surface area contributed by atoms with E-state index in [0.717, 1.165) is 29.3 Å². The molecule has 140 valence electrons. The molecule has 1 aromatic rings. The van der Waals surface area contributed by atoms with E-state index in [4.69, 9.17) is 4.74 Å². The maximum absolute atomic E-state index is 12.5. The molecular weight excluding hydrogens is 354 g/mol. The van der Waals surface area contributed by atoms with Crippen LogP contribution in [0, 0.1) is 0 Å². The highest BCUT2D eigenvalue weighted by atomic mass is 32.2. The van der Waals surface area contributed by atoms with Crippen LogP contribution in [-0.4, -0.2) is 50.1 Å². The number of rotatable bonds is 6. The Labute approximate surface area is 153 Å². The second-order valence-corrected chi connectivity index (χ2v) is 7.94. The molecule has 0 spiro atoms. The quantitative estimate of drug-likeness (QED) is 0.812. The summed E-state index contributed by atoms with van der Waals surface area (Å²) in [6.45, 7) is 2.89. The molecule has 2 heterocycles. The number of nitrogens with zero attached hydrogens (tertiary/aromatic N) is 2. The fourth-order valence-electron chi connectivity index (χ4n) is 2.97. The van der Waals surface area contributed by atoms with Crippen LogP contribution in [0.1, 0.15) is 25.3 Å². The van der Waals surface area contributed by atoms with Crippen LogP contribution in [0.25, 0.3) is 0 Å². The monoisotopic (exact) mass is 377 g/mol. The normalized spacial score (nSPS) is 21.9. The molecule has 3 rings (SSSR count). The highest BCUT2D eigenvalue weighted by Gasteiger charge is 2.28. The van der Waals surface area contributed by atoms with Gasteiger partial charge >= 0.3 is 10.2 Å². The van der Waals surface area contributed by atoms with Gasteiger partial charge in [0.1, 0.15) is 0 Å². The smallest absolute Gasteiger partial charge is 0.344 e. The summed E-state index contributed by atoms with van der Waals surface area (Å²) in [5, 5.41) is 2.81. The molecule has 7 nitrogen and oxygen atoms in total. The van der Waals surface area contributed by atoms with Gasteiger partial charge in [-0.15, -0.1) is 4.40 Å². The first kappa shape index (κ1) is 18.6. The molecule has 1 N–H and O–H groups in total. The van der Waals surface area contributed by atoms with Gasteiger partial charge in [-0.25, -0.2) is 0 Å². The number of carbonyl (C=O) groups excluding carboxylic acids is 1. The SMILES string of the molecule is CC1=NS(=O)(=O)N(CCc2ccccc2)C=C1C(=O)NCC1CCCO1. The van der Waals surface area contributed by atoms with Crippen LogP contribution in [-0.2, 0) is 26.2 Å². The van der Waals surface area contributed by atoms with Crippen molar-refractivity contribution in [3.63, 3.8) is 0 Å². The van der Waals surface area contributed by atoms with E-state index in [9.17, 15) is 13.2 Å². The van der Waals surface area contributed by atoms with E-state index in [2.05, 4.69) is 9.71 Å². The summed E-state index contributed by atoms with van der Waals surface area (Å²) < 4.78 is 34.9. The predicted molar refractivity (Wildman–Crippen MR) is 98.9 cm³/mol. The summed E-state index contributed by atoms with van der Waals surface area (Å²) in [6.07, 6.45) is 3.86. The second-order valence-electron chi connectivity index (χ2n) is 6.39. The Morgan fingerprint density at radius 1 is 1.35 bits per heavy atom. The first-order valence-electron chi connectivity index (χ1n) is 8.70. The Balaban J connectivity index is 1.68. The average Bonchev–Trinajstić information content (AvgIpc) is 3.13. The standard InChI is InChI=1S/C18H23N3O4S/c1-14-17(18(22)19-12-16-8-5-11-25-16)13-21(26(23,24)20-14)10-9-15-6-3-2-4-7-15/h2-4,6-7,13,16H,5,8-12H2,1H3,(H,19,22). The molecule has 26 heavy (non-hydrogen) atoms. The lowest BCUT2D eigenvalue weighted by Crippen LogP contribution is -2.38. The number of nitrogens with one attached hydrogen (secondary N) is 1. The Hall–Kier alpha value is -2.19. The van der Waals surface area contributed by atoms with Crippen LogP contribution in [0.15, 0.2) is 46.5 Å². The lowest BCUT2D eigenvalue weighted by atomic mass is 10.1. The molecule has 2 aliphatic heterocycles. The van der Waals surface area contributed by atoms with Gasteiger partial charge in [0.05, 0.1) is 17.4 Å². The van der Waals surface area contributed by atoms with Gasteiger partial charge in [-0.1, -0.05) is 30.3 Å². The maximum atomic E-state index is 12.5.